The maximum Gasteiger partial charge on any atom is 0.401 e. The number of pyridine rings is 1. The second-order valence-electron chi connectivity index (χ2n) is 4.86. The summed E-state index contributed by atoms with van der Waals surface area (Å²) in [4.78, 5) is 19.1. The van der Waals surface area contributed by atoms with Gasteiger partial charge in [-0.2, -0.15) is 13.2 Å². The average molecular weight is 302 g/mol. The first-order valence-electron chi connectivity index (χ1n) is 6.61. The molecule has 5 nitrogen and oxygen atoms in total. The fourth-order valence-corrected chi connectivity index (χ4v) is 2.23. The van der Waals surface area contributed by atoms with Gasteiger partial charge < -0.3 is 10.2 Å². The molecule has 0 aliphatic carbocycles. The molecule has 1 aliphatic heterocycles. The number of anilines is 1. The highest BCUT2D eigenvalue weighted by Gasteiger charge is 2.33. The van der Waals surface area contributed by atoms with Crippen molar-refractivity contribution in [3.8, 4) is 0 Å². The summed E-state index contributed by atoms with van der Waals surface area (Å²) in [6.07, 6.45) is -2.67. The van der Waals surface area contributed by atoms with Crippen molar-refractivity contribution in [3.05, 3.63) is 24.0 Å². The number of piperazine rings is 1. The summed E-state index contributed by atoms with van der Waals surface area (Å²) in [6.45, 7) is 0.0667. The zero-order valence-corrected chi connectivity index (χ0v) is 11.7. The average Bonchev–Trinajstić information content (AvgIpc) is 2.46. The number of hydrogen-bond donors (Lipinski definition) is 1. The predicted molar refractivity (Wildman–Crippen MR) is 72.2 cm³/mol. The molecule has 2 heterocycles. The first kappa shape index (κ1) is 15.6. The molecule has 0 spiro atoms. The molecule has 1 saturated heterocycles. The van der Waals surface area contributed by atoms with Crippen molar-refractivity contribution in [1.29, 1.82) is 0 Å². The summed E-state index contributed by atoms with van der Waals surface area (Å²) in [7, 11) is 1.74. The summed E-state index contributed by atoms with van der Waals surface area (Å²) in [5.41, 5.74) is 1.06. The van der Waals surface area contributed by atoms with E-state index in [2.05, 4.69) is 10.3 Å². The van der Waals surface area contributed by atoms with Gasteiger partial charge in [-0.3, -0.25) is 14.7 Å². The third-order valence-corrected chi connectivity index (χ3v) is 3.33. The molecule has 1 fully saturated rings. The van der Waals surface area contributed by atoms with Gasteiger partial charge in [0.05, 0.1) is 6.54 Å². The molecular weight excluding hydrogens is 285 g/mol. The molecule has 1 aromatic rings. The monoisotopic (exact) mass is 302 g/mol. The van der Waals surface area contributed by atoms with Gasteiger partial charge in [0, 0.05) is 45.1 Å². The normalized spacial score (nSPS) is 16.9. The fourth-order valence-electron chi connectivity index (χ4n) is 2.23. The molecule has 21 heavy (non-hydrogen) atoms. The van der Waals surface area contributed by atoms with Crippen LogP contribution in [0, 0.1) is 0 Å². The Balaban J connectivity index is 1.94. The molecule has 1 aliphatic rings. The van der Waals surface area contributed by atoms with Crippen LogP contribution < -0.4 is 5.32 Å². The lowest BCUT2D eigenvalue weighted by Crippen LogP contribution is -2.51. The van der Waals surface area contributed by atoms with Gasteiger partial charge in [0.1, 0.15) is 5.69 Å². The molecule has 0 saturated carbocycles. The van der Waals surface area contributed by atoms with Crippen LogP contribution in [-0.4, -0.2) is 66.6 Å². The number of nitrogens with zero attached hydrogens (tertiary/aromatic N) is 3. The lowest BCUT2D eigenvalue weighted by Gasteiger charge is -2.34. The quantitative estimate of drug-likeness (QED) is 0.918. The summed E-state index contributed by atoms with van der Waals surface area (Å²) >= 11 is 0. The Kier molecular flexibility index (Phi) is 4.66. The molecule has 8 heteroatoms. The number of hydrogen-bond acceptors (Lipinski definition) is 4. The van der Waals surface area contributed by atoms with E-state index in [1.165, 1.54) is 16.0 Å². The van der Waals surface area contributed by atoms with Crippen molar-refractivity contribution in [2.24, 2.45) is 0 Å². The molecule has 0 atom stereocenters. The van der Waals surface area contributed by atoms with E-state index in [1.807, 2.05) is 0 Å². The van der Waals surface area contributed by atoms with Gasteiger partial charge in [-0.15, -0.1) is 0 Å². The third-order valence-electron chi connectivity index (χ3n) is 3.33. The van der Waals surface area contributed by atoms with Crippen LogP contribution in [0.2, 0.25) is 0 Å². The van der Waals surface area contributed by atoms with E-state index in [9.17, 15) is 18.0 Å². The van der Waals surface area contributed by atoms with E-state index in [-0.39, 0.29) is 32.1 Å². The Morgan fingerprint density at radius 3 is 2.57 bits per heavy atom. The Labute approximate surface area is 120 Å². The van der Waals surface area contributed by atoms with Gasteiger partial charge in [0.15, 0.2) is 0 Å². The number of aromatic nitrogens is 1. The van der Waals surface area contributed by atoms with E-state index in [1.54, 1.807) is 19.2 Å². The zero-order chi connectivity index (χ0) is 15.5. The van der Waals surface area contributed by atoms with Gasteiger partial charge in [-0.25, -0.2) is 0 Å². The fraction of sp³-hybridized carbons (Fsp3) is 0.538. The zero-order valence-electron chi connectivity index (χ0n) is 11.7. The van der Waals surface area contributed by atoms with Gasteiger partial charge in [-0.05, 0) is 12.1 Å². The Hall–Kier alpha value is -1.83. The molecule has 0 unspecified atom stereocenters. The van der Waals surface area contributed by atoms with Crippen molar-refractivity contribution in [3.63, 3.8) is 0 Å². The van der Waals surface area contributed by atoms with Crippen molar-refractivity contribution >= 4 is 11.6 Å². The molecular formula is C13H17F3N4O. The first-order chi connectivity index (χ1) is 9.89. The maximum atomic E-state index is 12.3. The van der Waals surface area contributed by atoms with Crippen LogP contribution in [0.5, 0.6) is 0 Å². The molecule has 2 rings (SSSR count). The third kappa shape index (κ3) is 4.32. The lowest BCUT2D eigenvalue weighted by molar-refractivity contribution is -0.148. The standard InChI is InChI=1S/C13H17F3N4O/c1-17-10-2-3-18-11(8-10)12(21)20-6-4-19(5-7-20)9-13(14,15)16/h2-3,8H,4-7,9H2,1H3,(H,17,18). The summed E-state index contributed by atoms with van der Waals surface area (Å²) < 4.78 is 36.9. The van der Waals surface area contributed by atoms with Crippen molar-refractivity contribution < 1.29 is 18.0 Å². The Morgan fingerprint density at radius 2 is 2.00 bits per heavy atom. The molecule has 1 N–H and O–H groups in total. The van der Waals surface area contributed by atoms with Crippen LogP contribution in [0.25, 0.3) is 0 Å². The van der Waals surface area contributed by atoms with Gasteiger partial charge in [-0.1, -0.05) is 0 Å². The molecule has 1 aromatic heterocycles. The highest BCUT2D eigenvalue weighted by atomic mass is 19.4. The molecule has 1 amide bonds. The summed E-state index contributed by atoms with van der Waals surface area (Å²) in [5, 5.41) is 2.91. The highest BCUT2D eigenvalue weighted by Crippen LogP contribution is 2.18. The van der Waals surface area contributed by atoms with Crippen LogP contribution in [0.15, 0.2) is 18.3 Å². The second kappa shape index (κ2) is 6.30. The molecule has 0 radical (unpaired) electrons. The highest BCUT2D eigenvalue weighted by molar-refractivity contribution is 5.93. The van der Waals surface area contributed by atoms with Crippen molar-refractivity contribution in [2.45, 2.75) is 6.18 Å². The van der Waals surface area contributed by atoms with E-state index in [4.69, 9.17) is 0 Å². The van der Waals surface area contributed by atoms with Crippen LogP contribution >= 0.6 is 0 Å². The number of carbonyl (C=O) groups is 1. The maximum absolute atomic E-state index is 12.3. The van der Waals surface area contributed by atoms with E-state index >= 15 is 0 Å². The molecule has 0 aromatic carbocycles. The number of rotatable bonds is 3. The molecule has 0 bridgehead atoms. The number of alkyl halides is 3. The second-order valence-corrected chi connectivity index (χ2v) is 4.86. The van der Waals surface area contributed by atoms with Gasteiger partial charge in [0.2, 0.25) is 0 Å². The number of carbonyl (C=O) groups excluding carboxylic acids is 1. The Morgan fingerprint density at radius 1 is 1.33 bits per heavy atom. The van der Waals surface area contributed by atoms with Gasteiger partial charge in [0.25, 0.3) is 5.91 Å². The van der Waals surface area contributed by atoms with Crippen molar-refractivity contribution in [2.75, 3.05) is 45.1 Å². The van der Waals surface area contributed by atoms with E-state index in [0.717, 1.165) is 5.69 Å². The minimum atomic E-state index is -4.20. The summed E-state index contributed by atoms with van der Waals surface area (Å²) in [6, 6.07) is 3.36. The Bertz CT molecular complexity index is 498. The van der Waals surface area contributed by atoms with Gasteiger partial charge >= 0.3 is 6.18 Å². The topological polar surface area (TPSA) is 48.5 Å². The smallest absolute Gasteiger partial charge is 0.388 e. The van der Waals surface area contributed by atoms with Crippen LogP contribution in [0.3, 0.4) is 0 Å². The van der Waals surface area contributed by atoms with Crippen LogP contribution in [-0.2, 0) is 0 Å². The summed E-state index contributed by atoms with van der Waals surface area (Å²) in [5.74, 6) is -0.251. The number of amides is 1. The number of nitrogens with one attached hydrogen (secondary N) is 1. The first-order valence-corrected chi connectivity index (χ1v) is 6.61. The lowest BCUT2D eigenvalue weighted by atomic mass is 10.2. The van der Waals surface area contributed by atoms with Crippen molar-refractivity contribution in [1.82, 2.24) is 14.8 Å². The minimum absolute atomic E-state index is 0.219. The largest absolute Gasteiger partial charge is 0.401 e. The van der Waals surface area contributed by atoms with E-state index in [0.29, 0.717) is 5.69 Å². The SMILES string of the molecule is CNc1ccnc(C(=O)N2CCN(CC(F)(F)F)CC2)c1. The van der Waals surface area contributed by atoms with Crippen LogP contribution in [0.1, 0.15) is 10.5 Å². The van der Waals surface area contributed by atoms with E-state index < -0.39 is 12.7 Å². The molecule has 116 valence electrons. The number of halogens is 3. The minimum Gasteiger partial charge on any atom is -0.388 e. The predicted octanol–water partition coefficient (Wildman–Crippen LogP) is 1.44. The van der Waals surface area contributed by atoms with Crippen LogP contribution in [0.4, 0.5) is 18.9 Å².